The molecular formula is C7H8ClN5. The van der Waals surface area contributed by atoms with Gasteiger partial charge in [-0.25, -0.2) is 4.98 Å². The van der Waals surface area contributed by atoms with Crippen LogP contribution in [0.4, 0.5) is 5.82 Å². The number of amidine groups is 1. The van der Waals surface area contributed by atoms with Gasteiger partial charge >= 0.3 is 0 Å². The highest BCUT2D eigenvalue weighted by molar-refractivity contribution is 6.45. The van der Waals surface area contributed by atoms with Gasteiger partial charge in [-0.15, -0.1) is 0 Å². The lowest BCUT2D eigenvalue weighted by Crippen LogP contribution is -2.23. The van der Waals surface area contributed by atoms with Crippen molar-refractivity contribution in [2.24, 2.45) is 5.73 Å². The smallest absolute Gasteiger partial charge is 0.141 e. The second kappa shape index (κ2) is 3.40. The summed E-state index contributed by atoms with van der Waals surface area (Å²) in [5.41, 5.74) is 10.8. The van der Waals surface area contributed by atoms with Crippen molar-refractivity contribution in [3.8, 4) is 0 Å². The monoisotopic (exact) mass is 197 g/mol. The molecule has 0 radical (unpaired) electrons. The highest BCUT2D eigenvalue weighted by atomic mass is 35.5. The summed E-state index contributed by atoms with van der Waals surface area (Å²) in [6.07, 6.45) is 0. The summed E-state index contributed by atoms with van der Waals surface area (Å²) in [7, 11) is 0. The van der Waals surface area contributed by atoms with Crippen LogP contribution in [-0.4, -0.2) is 16.5 Å². The van der Waals surface area contributed by atoms with E-state index in [-0.39, 0.29) is 22.5 Å². The normalized spacial score (nSPS) is 9.62. The van der Waals surface area contributed by atoms with Crippen molar-refractivity contribution < 1.29 is 0 Å². The van der Waals surface area contributed by atoms with Crippen LogP contribution < -0.4 is 11.5 Å². The number of nitrogen functional groups attached to an aromatic ring is 1. The van der Waals surface area contributed by atoms with Crippen molar-refractivity contribution in [1.29, 1.82) is 10.8 Å². The second-order valence-corrected chi connectivity index (χ2v) is 2.74. The Labute approximate surface area is 79.7 Å². The van der Waals surface area contributed by atoms with Gasteiger partial charge in [0.25, 0.3) is 0 Å². The summed E-state index contributed by atoms with van der Waals surface area (Å²) >= 11 is 5.55. The largest absolute Gasteiger partial charge is 0.383 e. The molecule has 0 saturated carbocycles. The molecule has 5 nitrogen and oxygen atoms in total. The Bertz CT molecular complexity index is 373. The number of pyridine rings is 1. The fourth-order valence-electron chi connectivity index (χ4n) is 0.807. The molecule has 0 aliphatic rings. The number of nitrogens with one attached hydrogen (secondary N) is 2. The average molecular weight is 198 g/mol. The van der Waals surface area contributed by atoms with E-state index in [0.29, 0.717) is 5.56 Å². The molecule has 6 heteroatoms. The van der Waals surface area contributed by atoms with E-state index in [2.05, 4.69) is 4.98 Å². The molecule has 1 aromatic rings. The first-order valence-corrected chi connectivity index (χ1v) is 3.75. The Balaban J connectivity index is 3.16. The Hall–Kier alpha value is -1.62. The number of aromatic nitrogens is 1. The van der Waals surface area contributed by atoms with Crippen LogP contribution in [0.3, 0.4) is 0 Å². The Morgan fingerprint density at radius 3 is 2.46 bits per heavy atom. The van der Waals surface area contributed by atoms with Crippen LogP contribution in [0.1, 0.15) is 5.56 Å². The molecule has 0 aliphatic heterocycles. The molecule has 0 atom stereocenters. The molecule has 0 saturated heterocycles. The van der Waals surface area contributed by atoms with Gasteiger partial charge in [-0.1, -0.05) is 11.6 Å². The third-order valence-corrected chi connectivity index (χ3v) is 1.64. The molecule has 6 N–H and O–H groups in total. The minimum Gasteiger partial charge on any atom is -0.383 e. The van der Waals surface area contributed by atoms with Crippen molar-refractivity contribution >= 4 is 29.0 Å². The molecule has 68 valence electrons. The highest BCUT2D eigenvalue weighted by Crippen LogP contribution is 2.13. The van der Waals surface area contributed by atoms with E-state index in [0.717, 1.165) is 0 Å². The van der Waals surface area contributed by atoms with Crippen molar-refractivity contribution in [2.75, 3.05) is 5.73 Å². The van der Waals surface area contributed by atoms with Gasteiger partial charge in [0.2, 0.25) is 0 Å². The van der Waals surface area contributed by atoms with Gasteiger partial charge < -0.3 is 11.5 Å². The molecule has 1 heterocycles. The molecule has 0 aliphatic carbocycles. The minimum absolute atomic E-state index is 0.104. The lowest BCUT2D eigenvalue weighted by Gasteiger charge is -2.04. The molecule has 0 aromatic carbocycles. The van der Waals surface area contributed by atoms with E-state index in [9.17, 15) is 0 Å². The second-order valence-electron chi connectivity index (χ2n) is 2.36. The van der Waals surface area contributed by atoms with Crippen LogP contribution in [-0.2, 0) is 0 Å². The summed E-state index contributed by atoms with van der Waals surface area (Å²) in [6.45, 7) is 0. The molecular weight excluding hydrogens is 190 g/mol. The van der Waals surface area contributed by atoms with Crippen LogP contribution >= 0.6 is 11.6 Å². The lowest BCUT2D eigenvalue weighted by molar-refractivity contribution is 1.31. The number of nitrogens with zero attached hydrogens (tertiary/aromatic N) is 1. The number of halogens is 1. The Morgan fingerprint density at radius 1 is 1.38 bits per heavy atom. The maximum Gasteiger partial charge on any atom is 0.141 e. The van der Waals surface area contributed by atoms with E-state index >= 15 is 0 Å². The first-order valence-electron chi connectivity index (χ1n) is 3.37. The first kappa shape index (κ1) is 9.47. The van der Waals surface area contributed by atoms with Crippen LogP contribution in [0.15, 0.2) is 12.1 Å². The average Bonchev–Trinajstić information content (AvgIpc) is 2.03. The molecule has 0 bridgehead atoms. The standard InChI is InChI=1S/C7H8ClN5/c8-4-2-1-3(7(12)13-4)5(9)6(10)11/h1-2,9H,(H3,10,11)(H2,12,13). The predicted octanol–water partition coefficient (Wildman–Crippen LogP) is 0.621. The zero-order chi connectivity index (χ0) is 10.0. The predicted molar refractivity (Wildman–Crippen MR) is 52.4 cm³/mol. The lowest BCUT2D eigenvalue weighted by atomic mass is 10.1. The van der Waals surface area contributed by atoms with Crippen molar-refractivity contribution in [2.45, 2.75) is 0 Å². The maximum atomic E-state index is 7.38. The van der Waals surface area contributed by atoms with E-state index in [1.165, 1.54) is 12.1 Å². The number of hydrogen-bond acceptors (Lipinski definition) is 4. The van der Waals surface area contributed by atoms with E-state index in [4.69, 9.17) is 33.9 Å². The molecule has 1 rings (SSSR count). The molecule has 0 fully saturated rings. The van der Waals surface area contributed by atoms with Gasteiger partial charge in [-0.3, -0.25) is 10.8 Å². The quantitative estimate of drug-likeness (QED) is 0.317. The van der Waals surface area contributed by atoms with Crippen molar-refractivity contribution in [1.82, 2.24) is 4.98 Å². The molecule has 0 spiro atoms. The van der Waals surface area contributed by atoms with Gasteiger partial charge in [0.05, 0.1) is 0 Å². The fourth-order valence-corrected chi connectivity index (χ4v) is 0.961. The van der Waals surface area contributed by atoms with Crippen molar-refractivity contribution in [3.63, 3.8) is 0 Å². The Kier molecular flexibility index (Phi) is 2.48. The van der Waals surface area contributed by atoms with Gasteiger partial charge in [-0.05, 0) is 12.1 Å². The molecule has 1 aromatic heterocycles. The van der Waals surface area contributed by atoms with Crippen LogP contribution in [0.5, 0.6) is 0 Å². The fraction of sp³-hybridized carbons (Fsp3) is 0. The SMILES string of the molecule is N=C(N)C(=N)c1ccc(Cl)nc1N. The summed E-state index contributed by atoms with van der Waals surface area (Å²) in [5.74, 6) is -0.247. The number of rotatable bonds is 2. The van der Waals surface area contributed by atoms with E-state index in [1.54, 1.807) is 0 Å². The number of nitrogens with two attached hydrogens (primary N) is 2. The third kappa shape index (κ3) is 1.94. The molecule has 0 amide bonds. The van der Waals surface area contributed by atoms with Gasteiger partial charge in [0, 0.05) is 5.56 Å². The van der Waals surface area contributed by atoms with E-state index in [1.807, 2.05) is 0 Å². The maximum absolute atomic E-state index is 7.38. The first-order chi connectivity index (χ1) is 6.02. The molecule has 0 unspecified atom stereocenters. The van der Waals surface area contributed by atoms with Gasteiger partial charge in [0.15, 0.2) is 0 Å². The van der Waals surface area contributed by atoms with Crippen LogP contribution in [0.2, 0.25) is 5.15 Å². The van der Waals surface area contributed by atoms with Gasteiger partial charge in [-0.2, -0.15) is 0 Å². The summed E-state index contributed by atoms with van der Waals surface area (Å²) in [5, 5.41) is 14.7. The van der Waals surface area contributed by atoms with Crippen molar-refractivity contribution in [3.05, 3.63) is 22.8 Å². The molecule has 13 heavy (non-hydrogen) atoms. The number of anilines is 1. The summed E-state index contributed by atoms with van der Waals surface area (Å²) < 4.78 is 0. The van der Waals surface area contributed by atoms with E-state index < -0.39 is 0 Å². The zero-order valence-corrected chi connectivity index (χ0v) is 7.39. The number of hydrogen-bond donors (Lipinski definition) is 4. The topological polar surface area (TPSA) is 113 Å². The summed E-state index contributed by atoms with van der Waals surface area (Å²) in [4.78, 5) is 3.73. The highest BCUT2D eigenvalue weighted by Gasteiger charge is 2.09. The minimum atomic E-state index is -0.351. The Morgan fingerprint density at radius 2 is 2.00 bits per heavy atom. The zero-order valence-electron chi connectivity index (χ0n) is 6.63. The summed E-state index contributed by atoms with van der Waals surface area (Å²) in [6, 6.07) is 3.00. The van der Waals surface area contributed by atoms with Crippen LogP contribution in [0.25, 0.3) is 0 Å². The van der Waals surface area contributed by atoms with Crippen LogP contribution in [0, 0.1) is 10.8 Å². The third-order valence-electron chi connectivity index (χ3n) is 1.43. The van der Waals surface area contributed by atoms with Gasteiger partial charge in [0.1, 0.15) is 22.5 Å².